The zero-order chi connectivity index (χ0) is 11.5. The van der Waals surface area contributed by atoms with Crippen LogP contribution in [0.15, 0.2) is 18.2 Å². The zero-order valence-corrected chi connectivity index (χ0v) is 10.7. The first kappa shape index (κ1) is 11.3. The molecule has 0 radical (unpaired) electrons. The Labute approximate surface area is 105 Å². The molecule has 1 aromatic carbocycles. The van der Waals surface area contributed by atoms with Crippen LogP contribution in [0.1, 0.15) is 54.7 Å². The maximum absolute atomic E-state index is 3.46. The number of hydrogen-bond donors (Lipinski definition) is 1. The van der Waals surface area contributed by atoms with Crippen molar-refractivity contribution in [2.75, 3.05) is 13.1 Å². The Balaban J connectivity index is 1.83. The Morgan fingerprint density at radius 3 is 2.47 bits per heavy atom. The van der Waals surface area contributed by atoms with Gasteiger partial charge in [0.1, 0.15) is 0 Å². The van der Waals surface area contributed by atoms with Crippen molar-refractivity contribution in [2.24, 2.45) is 0 Å². The third kappa shape index (κ3) is 2.55. The van der Waals surface area contributed by atoms with Crippen molar-refractivity contribution in [2.45, 2.75) is 50.9 Å². The van der Waals surface area contributed by atoms with Crippen LogP contribution in [0.4, 0.5) is 0 Å². The van der Waals surface area contributed by atoms with E-state index in [-0.39, 0.29) is 0 Å². The van der Waals surface area contributed by atoms with Gasteiger partial charge in [0.2, 0.25) is 0 Å². The molecule has 1 N–H and O–H groups in total. The molecule has 1 nitrogen and oxygen atoms in total. The first-order valence-electron chi connectivity index (χ1n) is 7.26. The van der Waals surface area contributed by atoms with Crippen molar-refractivity contribution in [3.63, 3.8) is 0 Å². The molecule has 0 atom stereocenters. The molecule has 0 unspecified atom stereocenters. The molecule has 0 aromatic heterocycles. The van der Waals surface area contributed by atoms with Gasteiger partial charge in [0.25, 0.3) is 0 Å². The molecule has 2 aliphatic rings. The minimum Gasteiger partial charge on any atom is -0.317 e. The highest BCUT2D eigenvalue weighted by Crippen LogP contribution is 2.29. The van der Waals surface area contributed by atoms with Gasteiger partial charge < -0.3 is 5.32 Å². The quantitative estimate of drug-likeness (QED) is 0.728. The lowest BCUT2D eigenvalue weighted by atomic mass is 9.87. The molecule has 1 heterocycles. The third-order valence-electron chi connectivity index (χ3n) is 4.43. The van der Waals surface area contributed by atoms with Crippen molar-refractivity contribution in [3.8, 4) is 0 Å². The fraction of sp³-hybridized carbons (Fsp3) is 0.625. The van der Waals surface area contributed by atoms with Gasteiger partial charge in [-0.05, 0) is 74.2 Å². The standard InChI is InChI=1S/C16H23N/c1-2-4-13-6-7-16(12-15(13)5-3-1)14-8-10-17-11-9-14/h6-7,12,14,17H,1-5,8-11H2. The molecule has 1 fully saturated rings. The van der Waals surface area contributed by atoms with E-state index in [0.29, 0.717) is 0 Å². The van der Waals surface area contributed by atoms with E-state index in [1.165, 1.54) is 58.0 Å². The molecule has 17 heavy (non-hydrogen) atoms. The van der Waals surface area contributed by atoms with Gasteiger partial charge in [-0.3, -0.25) is 0 Å². The smallest absolute Gasteiger partial charge is 0.00431 e. The topological polar surface area (TPSA) is 12.0 Å². The van der Waals surface area contributed by atoms with Crippen LogP contribution in [0.25, 0.3) is 0 Å². The van der Waals surface area contributed by atoms with Crippen LogP contribution in [0.2, 0.25) is 0 Å². The average molecular weight is 229 g/mol. The molecular weight excluding hydrogens is 206 g/mol. The molecule has 1 saturated heterocycles. The Hall–Kier alpha value is -0.820. The van der Waals surface area contributed by atoms with Crippen molar-refractivity contribution >= 4 is 0 Å². The summed E-state index contributed by atoms with van der Waals surface area (Å²) in [5, 5.41) is 3.46. The lowest BCUT2D eigenvalue weighted by molar-refractivity contribution is 0.460. The first-order valence-corrected chi connectivity index (χ1v) is 7.26. The summed E-state index contributed by atoms with van der Waals surface area (Å²) >= 11 is 0. The largest absolute Gasteiger partial charge is 0.317 e. The summed E-state index contributed by atoms with van der Waals surface area (Å²) in [7, 11) is 0. The maximum atomic E-state index is 3.46. The normalized spacial score (nSPS) is 21.9. The van der Waals surface area contributed by atoms with Crippen LogP contribution >= 0.6 is 0 Å². The molecule has 92 valence electrons. The van der Waals surface area contributed by atoms with Crippen LogP contribution < -0.4 is 5.32 Å². The van der Waals surface area contributed by atoms with E-state index in [1.807, 2.05) is 0 Å². The number of aryl methyl sites for hydroxylation is 2. The number of hydrogen-bond acceptors (Lipinski definition) is 1. The molecule has 0 spiro atoms. The minimum absolute atomic E-state index is 0.810. The van der Waals surface area contributed by atoms with Gasteiger partial charge in [0, 0.05) is 0 Å². The lowest BCUT2D eigenvalue weighted by Crippen LogP contribution is -2.26. The number of fused-ring (bicyclic) bond motifs is 1. The summed E-state index contributed by atoms with van der Waals surface area (Å²) in [6, 6.07) is 7.34. The highest BCUT2D eigenvalue weighted by Gasteiger charge is 2.16. The van der Waals surface area contributed by atoms with E-state index >= 15 is 0 Å². The van der Waals surface area contributed by atoms with Crippen LogP contribution in [0, 0.1) is 0 Å². The second kappa shape index (κ2) is 5.22. The summed E-state index contributed by atoms with van der Waals surface area (Å²) in [6.07, 6.45) is 9.45. The predicted molar refractivity (Wildman–Crippen MR) is 72.5 cm³/mol. The van der Waals surface area contributed by atoms with E-state index in [1.54, 1.807) is 16.7 Å². The fourth-order valence-corrected chi connectivity index (χ4v) is 3.34. The van der Waals surface area contributed by atoms with E-state index in [2.05, 4.69) is 23.5 Å². The number of rotatable bonds is 1. The third-order valence-corrected chi connectivity index (χ3v) is 4.43. The van der Waals surface area contributed by atoms with Gasteiger partial charge in [0.15, 0.2) is 0 Å². The van der Waals surface area contributed by atoms with Gasteiger partial charge >= 0.3 is 0 Å². The lowest BCUT2D eigenvalue weighted by Gasteiger charge is -2.24. The fourth-order valence-electron chi connectivity index (χ4n) is 3.34. The highest BCUT2D eigenvalue weighted by atomic mass is 14.9. The van der Waals surface area contributed by atoms with Gasteiger partial charge in [0.05, 0.1) is 0 Å². The molecule has 1 aromatic rings. The molecular formula is C16H23N. The molecule has 1 aliphatic carbocycles. The Bertz CT molecular complexity index is 377. The Morgan fingerprint density at radius 2 is 1.65 bits per heavy atom. The second-order valence-electron chi connectivity index (χ2n) is 5.61. The SMILES string of the molecule is c1cc2c(cc1C1CCNCC1)CCCCC2. The number of piperidine rings is 1. The Morgan fingerprint density at radius 1 is 0.882 bits per heavy atom. The number of benzene rings is 1. The van der Waals surface area contributed by atoms with Gasteiger partial charge in [-0.2, -0.15) is 0 Å². The molecule has 0 saturated carbocycles. The van der Waals surface area contributed by atoms with Gasteiger partial charge in [-0.15, -0.1) is 0 Å². The zero-order valence-electron chi connectivity index (χ0n) is 10.7. The maximum Gasteiger partial charge on any atom is -0.00431 e. The average Bonchev–Trinajstić information content (AvgIpc) is 2.64. The van der Waals surface area contributed by atoms with E-state index in [0.717, 1.165) is 5.92 Å². The van der Waals surface area contributed by atoms with Crippen molar-refractivity contribution < 1.29 is 0 Å². The summed E-state index contributed by atoms with van der Waals surface area (Å²) in [6.45, 7) is 2.39. The van der Waals surface area contributed by atoms with Crippen LogP contribution in [0.5, 0.6) is 0 Å². The minimum atomic E-state index is 0.810. The molecule has 3 rings (SSSR count). The first-order chi connectivity index (χ1) is 8.43. The van der Waals surface area contributed by atoms with E-state index in [9.17, 15) is 0 Å². The van der Waals surface area contributed by atoms with Gasteiger partial charge in [-0.1, -0.05) is 24.6 Å². The van der Waals surface area contributed by atoms with Crippen LogP contribution in [-0.4, -0.2) is 13.1 Å². The summed E-state index contributed by atoms with van der Waals surface area (Å²) in [5.41, 5.74) is 4.88. The summed E-state index contributed by atoms with van der Waals surface area (Å²) in [5.74, 6) is 0.810. The molecule has 0 bridgehead atoms. The van der Waals surface area contributed by atoms with E-state index in [4.69, 9.17) is 0 Å². The molecule has 1 aliphatic heterocycles. The van der Waals surface area contributed by atoms with Crippen molar-refractivity contribution in [3.05, 3.63) is 34.9 Å². The summed E-state index contributed by atoms with van der Waals surface area (Å²) in [4.78, 5) is 0. The highest BCUT2D eigenvalue weighted by molar-refractivity contribution is 5.35. The van der Waals surface area contributed by atoms with Crippen molar-refractivity contribution in [1.29, 1.82) is 0 Å². The molecule has 1 heteroatoms. The van der Waals surface area contributed by atoms with Crippen molar-refractivity contribution in [1.82, 2.24) is 5.32 Å². The monoisotopic (exact) mass is 229 g/mol. The predicted octanol–water partition coefficient (Wildman–Crippen LogP) is 3.42. The second-order valence-corrected chi connectivity index (χ2v) is 5.61. The number of nitrogens with one attached hydrogen (secondary N) is 1. The van der Waals surface area contributed by atoms with E-state index < -0.39 is 0 Å². The Kier molecular flexibility index (Phi) is 3.46. The van der Waals surface area contributed by atoms with Gasteiger partial charge in [-0.25, -0.2) is 0 Å². The summed E-state index contributed by atoms with van der Waals surface area (Å²) < 4.78 is 0. The van der Waals surface area contributed by atoms with Crippen LogP contribution in [-0.2, 0) is 12.8 Å². The molecule has 0 amide bonds. The van der Waals surface area contributed by atoms with Crippen LogP contribution in [0.3, 0.4) is 0 Å².